The summed E-state index contributed by atoms with van der Waals surface area (Å²) in [5, 5.41) is 0. The summed E-state index contributed by atoms with van der Waals surface area (Å²) < 4.78 is 1.95. The van der Waals surface area contributed by atoms with E-state index in [1.54, 1.807) is 0 Å². The second-order valence-corrected chi connectivity index (χ2v) is 8.21. The number of amides is 1. The van der Waals surface area contributed by atoms with Crippen molar-refractivity contribution in [1.82, 2.24) is 19.2 Å². The third-order valence-corrected chi connectivity index (χ3v) is 6.47. The second kappa shape index (κ2) is 7.38. The van der Waals surface area contributed by atoms with E-state index in [9.17, 15) is 4.79 Å². The Morgan fingerprint density at radius 3 is 2.92 bits per heavy atom. The van der Waals surface area contributed by atoms with Crippen molar-refractivity contribution in [3.05, 3.63) is 35.8 Å². The zero-order valence-electron chi connectivity index (χ0n) is 14.9. The molecule has 0 radical (unpaired) electrons. The first-order valence-corrected chi connectivity index (χ1v) is 10.4. The summed E-state index contributed by atoms with van der Waals surface area (Å²) in [4.78, 5) is 22.7. The summed E-state index contributed by atoms with van der Waals surface area (Å²) in [7, 11) is 0. The minimum Gasteiger partial charge on any atom is -0.332 e. The van der Waals surface area contributed by atoms with Crippen LogP contribution in [-0.2, 0) is 0 Å². The third kappa shape index (κ3) is 3.42. The summed E-state index contributed by atoms with van der Waals surface area (Å²) >= 11 is 1.99. The van der Waals surface area contributed by atoms with Gasteiger partial charge in [-0.1, -0.05) is 6.07 Å². The summed E-state index contributed by atoms with van der Waals surface area (Å²) in [5.74, 6) is 2.33. The molecule has 25 heavy (non-hydrogen) atoms. The minimum atomic E-state index is 0.142. The molecule has 1 atom stereocenters. The van der Waals surface area contributed by atoms with Gasteiger partial charge in [0.2, 0.25) is 0 Å². The monoisotopic (exact) mass is 358 g/mol. The van der Waals surface area contributed by atoms with Crippen LogP contribution in [0.2, 0.25) is 0 Å². The maximum absolute atomic E-state index is 13.5. The number of thioether (sulfide) groups is 1. The molecule has 0 aliphatic carbocycles. The lowest BCUT2D eigenvalue weighted by Gasteiger charge is -2.32. The molecule has 4 rings (SSSR count). The summed E-state index contributed by atoms with van der Waals surface area (Å²) in [5.41, 5.74) is 2.41. The van der Waals surface area contributed by atoms with Crippen molar-refractivity contribution in [2.24, 2.45) is 0 Å². The molecule has 2 aliphatic heterocycles. The number of imidazole rings is 1. The molecule has 2 aromatic rings. The van der Waals surface area contributed by atoms with Gasteiger partial charge in [0.25, 0.3) is 5.91 Å². The van der Waals surface area contributed by atoms with Crippen LogP contribution in [0.25, 0.3) is 5.65 Å². The van der Waals surface area contributed by atoms with Crippen LogP contribution in [-0.4, -0.2) is 68.8 Å². The first-order valence-electron chi connectivity index (χ1n) is 9.29. The molecule has 0 saturated carbocycles. The van der Waals surface area contributed by atoms with Crippen molar-refractivity contribution in [3.63, 3.8) is 0 Å². The van der Waals surface area contributed by atoms with E-state index in [-0.39, 0.29) is 5.91 Å². The van der Waals surface area contributed by atoms with Gasteiger partial charge >= 0.3 is 0 Å². The Morgan fingerprint density at radius 1 is 1.24 bits per heavy atom. The Hall–Kier alpha value is -1.53. The van der Waals surface area contributed by atoms with Gasteiger partial charge in [-0.2, -0.15) is 11.8 Å². The van der Waals surface area contributed by atoms with Crippen LogP contribution in [0, 0.1) is 6.92 Å². The Labute approximate surface area is 153 Å². The average Bonchev–Trinajstić information content (AvgIpc) is 3.16. The summed E-state index contributed by atoms with van der Waals surface area (Å²) in [6.45, 7) is 6.16. The van der Waals surface area contributed by atoms with E-state index in [1.165, 1.54) is 25.9 Å². The Kier molecular flexibility index (Phi) is 4.99. The van der Waals surface area contributed by atoms with E-state index in [0.717, 1.165) is 48.1 Å². The van der Waals surface area contributed by atoms with Crippen LogP contribution >= 0.6 is 11.8 Å². The van der Waals surface area contributed by atoms with Gasteiger partial charge in [0, 0.05) is 25.0 Å². The Bertz CT molecular complexity index is 753. The minimum absolute atomic E-state index is 0.142. The number of carbonyl (C=O) groups is 1. The predicted octanol–water partition coefficient (Wildman–Crippen LogP) is 2.69. The molecule has 4 heterocycles. The van der Waals surface area contributed by atoms with E-state index in [2.05, 4.69) is 14.8 Å². The molecule has 0 spiro atoms. The van der Waals surface area contributed by atoms with Gasteiger partial charge in [-0.3, -0.25) is 9.20 Å². The predicted molar refractivity (Wildman–Crippen MR) is 102 cm³/mol. The smallest absolute Gasteiger partial charge is 0.273 e. The average molecular weight is 359 g/mol. The molecular weight excluding hydrogens is 332 g/mol. The fraction of sp³-hybridized carbons (Fsp3) is 0.579. The van der Waals surface area contributed by atoms with Crippen LogP contribution in [0.4, 0.5) is 0 Å². The van der Waals surface area contributed by atoms with Gasteiger partial charge < -0.3 is 9.80 Å². The molecule has 134 valence electrons. The first kappa shape index (κ1) is 16.9. The number of fused-ring (bicyclic) bond motifs is 1. The van der Waals surface area contributed by atoms with Gasteiger partial charge in [0.1, 0.15) is 11.3 Å². The highest BCUT2D eigenvalue weighted by Crippen LogP contribution is 2.23. The lowest BCUT2D eigenvalue weighted by atomic mass is 10.2. The standard InChI is InChI=1S/C19H26N4OS/c1-15-18(23-10-3-2-7-17(23)20-15)19(24)22-11-6-12-25-14-16(22)13-21-8-4-5-9-21/h2-3,7,10,16H,4-6,8-9,11-14H2,1H3. The van der Waals surface area contributed by atoms with Crippen molar-refractivity contribution in [1.29, 1.82) is 0 Å². The second-order valence-electron chi connectivity index (χ2n) is 7.06. The van der Waals surface area contributed by atoms with Crippen molar-refractivity contribution in [3.8, 4) is 0 Å². The van der Waals surface area contributed by atoms with E-state index in [1.807, 2.05) is 47.5 Å². The highest BCUT2D eigenvalue weighted by Gasteiger charge is 2.31. The molecule has 1 unspecified atom stereocenters. The van der Waals surface area contributed by atoms with E-state index >= 15 is 0 Å². The summed E-state index contributed by atoms with van der Waals surface area (Å²) in [6.07, 6.45) is 5.60. The SMILES string of the molecule is Cc1nc2ccccn2c1C(=O)N1CCCSCC1CN1CCCC1. The zero-order chi connectivity index (χ0) is 17.2. The van der Waals surface area contributed by atoms with Gasteiger partial charge in [-0.15, -0.1) is 0 Å². The number of hydrogen-bond acceptors (Lipinski definition) is 4. The fourth-order valence-electron chi connectivity index (χ4n) is 4.02. The maximum atomic E-state index is 13.5. The largest absolute Gasteiger partial charge is 0.332 e. The normalized spacial score (nSPS) is 22.4. The topological polar surface area (TPSA) is 40.9 Å². The van der Waals surface area contributed by atoms with Crippen molar-refractivity contribution >= 4 is 23.3 Å². The number of aryl methyl sites for hydroxylation is 1. The van der Waals surface area contributed by atoms with Gasteiger partial charge in [-0.05, 0) is 57.2 Å². The Balaban J connectivity index is 1.63. The van der Waals surface area contributed by atoms with Crippen molar-refractivity contribution < 1.29 is 4.79 Å². The van der Waals surface area contributed by atoms with Crippen LogP contribution in [0.3, 0.4) is 0 Å². The van der Waals surface area contributed by atoms with Gasteiger partial charge in [0.15, 0.2) is 0 Å². The molecule has 2 saturated heterocycles. The number of pyridine rings is 1. The molecule has 0 N–H and O–H groups in total. The molecule has 2 aromatic heterocycles. The molecule has 0 bridgehead atoms. The lowest BCUT2D eigenvalue weighted by molar-refractivity contribution is 0.0658. The van der Waals surface area contributed by atoms with E-state index < -0.39 is 0 Å². The fourth-order valence-corrected chi connectivity index (χ4v) is 5.08. The summed E-state index contributed by atoms with van der Waals surface area (Å²) in [6, 6.07) is 6.19. The number of carbonyl (C=O) groups excluding carboxylic acids is 1. The number of aromatic nitrogens is 2. The van der Waals surface area contributed by atoms with Gasteiger partial charge in [-0.25, -0.2) is 4.98 Å². The molecule has 2 aliphatic rings. The number of likely N-dealkylation sites (tertiary alicyclic amines) is 1. The zero-order valence-corrected chi connectivity index (χ0v) is 15.7. The highest BCUT2D eigenvalue weighted by molar-refractivity contribution is 7.99. The first-order chi connectivity index (χ1) is 12.2. The van der Waals surface area contributed by atoms with Gasteiger partial charge in [0.05, 0.1) is 11.7 Å². The molecule has 2 fully saturated rings. The Morgan fingerprint density at radius 2 is 2.08 bits per heavy atom. The van der Waals surface area contributed by atoms with Crippen LogP contribution < -0.4 is 0 Å². The van der Waals surface area contributed by atoms with Crippen molar-refractivity contribution in [2.75, 3.05) is 37.7 Å². The van der Waals surface area contributed by atoms with E-state index in [4.69, 9.17) is 0 Å². The number of rotatable bonds is 3. The highest BCUT2D eigenvalue weighted by atomic mass is 32.2. The lowest BCUT2D eigenvalue weighted by Crippen LogP contribution is -2.48. The van der Waals surface area contributed by atoms with Crippen LogP contribution in [0.1, 0.15) is 35.4 Å². The third-order valence-electron chi connectivity index (χ3n) is 5.27. The molecular formula is C19H26N4OS. The molecule has 0 aromatic carbocycles. The molecule has 1 amide bonds. The van der Waals surface area contributed by atoms with Crippen molar-refractivity contribution in [2.45, 2.75) is 32.2 Å². The maximum Gasteiger partial charge on any atom is 0.273 e. The number of hydrogen-bond donors (Lipinski definition) is 0. The van der Waals surface area contributed by atoms with Crippen LogP contribution in [0.15, 0.2) is 24.4 Å². The van der Waals surface area contributed by atoms with E-state index in [0.29, 0.717) is 6.04 Å². The number of nitrogens with zero attached hydrogens (tertiary/aromatic N) is 4. The molecule has 6 heteroatoms. The van der Waals surface area contributed by atoms with Crippen LogP contribution in [0.5, 0.6) is 0 Å². The molecule has 5 nitrogen and oxygen atoms in total. The quantitative estimate of drug-likeness (QED) is 0.846.